The van der Waals surface area contributed by atoms with Gasteiger partial charge in [-0.25, -0.2) is 0 Å². The van der Waals surface area contributed by atoms with Gasteiger partial charge in [-0.2, -0.15) is 0 Å². The van der Waals surface area contributed by atoms with Crippen LogP contribution in [-0.2, 0) is 14.4 Å². The standard InChI is InChI=1S/C21H30O3/c1-12(22)16-6-7-17-15-5-4-13-10-14(23)8-9-20(13,2)19(15)18(24)11-21(16,17)3/h13,15-17,19H,4-11H2,1-3H3/t13-,15+,16+,17-,19-,20+,21-/m1/s1. The number of carbonyl (C=O) groups is 3. The molecule has 0 amide bonds. The van der Waals surface area contributed by atoms with Crippen LogP contribution in [0.1, 0.15) is 72.1 Å². The average Bonchev–Trinajstić information content (AvgIpc) is 2.84. The molecule has 7 atom stereocenters. The molecule has 0 unspecified atom stereocenters. The largest absolute Gasteiger partial charge is 0.300 e. The quantitative estimate of drug-likeness (QED) is 0.730. The molecular weight excluding hydrogens is 300 g/mol. The molecule has 0 aromatic rings. The molecule has 4 aliphatic carbocycles. The Kier molecular flexibility index (Phi) is 3.61. The Labute approximate surface area is 144 Å². The molecule has 24 heavy (non-hydrogen) atoms. The normalized spacial score (nSPS) is 50.9. The van der Waals surface area contributed by atoms with Crippen LogP contribution in [0.3, 0.4) is 0 Å². The van der Waals surface area contributed by atoms with Crippen molar-refractivity contribution in [3.05, 3.63) is 0 Å². The number of rotatable bonds is 1. The molecule has 4 saturated carbocycles. The summed E-state index contributed by atoms with van der Waals surface area (Å²) in [4.78, 5) is 37.4. The van der Waals surface area contributed by atoms with Crippen molar-refractivity contribution in [3.8, 4) is 0 Å². The van der Waals surface area contributed by atoms with Crippen LogP contribution in [0, 0.1) is 40.4 Å². The second kappa shape index (κ2) is 5.25. The van der Waals surface area contributed by atoms with E-state index in [1.165, 1.54) is 0 Å². The number of fused-ring (bicyclic) bond motifs is 5. The van der Waals surface area contributed by atoms with Crippen LogP contribution in [0.4, 0.5) is 0 Å². The molecule has 0 heterocycles. The lowest BCUT2D eigenvalue weighted by atomic mass is 9.44. The Morgan fingerprint density at radius 1 is 1.04 bits per heavy atom. The first-order chi connectivity index (χ1) is 11.3. The average molecular weight is 330 g/mol. The maximum Gasteiger partial charge on any atom is 0.137 e. The van der Waals surface area contributed by atoms with Crippen molar-refractivity contribution in [1.29, 1.82) is 0 Å². The summed E-state index contributed by atoms with van der Waals surface area (Å²) in [7, 11) is 0. The third kappa shape index (κ3) is 2.05. The Bertz CT molecular complexity index is 608. The first-order valence-electron chi connectivity index (χ1n) is 9.82. The maximum atomic E-state index is 13.3. The lowest BCUT2D eigenvalue weighted by Gasteiger charge is -2.59. The van der Waals surface area contributed by atoms with E-state index in [4.69, 9.17) is 0 Å². The van der Waals surface area contributed by atoms with E-state index in [2.05, 4.69) is 13.8 Å². The molecule has 0 aromatic heterocycles. The van der Waals surface area contributed by atoms with Gasteiger partial charge in [0.1, 0.15) is 17.3 Å². The topological polar surface area (TPSA) is 51.2 Å². The fourth-order valence-corrected chi connectivity index (χ4v) is 7.53. The zero-order valence-electron chi connectivity index (χ0n) is 15.3. The first kappa shape index (κ1) is 16.5. The summed E-state index contributed by atoms with van der Waals surface area (Å²) in [6.07, 6.45) is 7.05. The minimum atomic E-state index is -0.113. The smallest absolute Gasteiger partial charge is 0.137 e. The highest BCUT2D eigenvalue weighted by Crippen LogP contribution is 2.66. The summed E-state index contributed by atoms with van der Waals surface area (Å²) in [6, 6.07) is 0. The van der Waals surface area contributed by atoms with E-state index >= 15 is 0 Å². The Morgan fingerprint density at radius 2 is 1.79 bits per heavy atom. The van der Waals surface area contributed by atoms with Crippen LogP contribution in [-0.4, -0.2) is 17.3 Å². The van der Waals surface area contributed by atoms with Gasteiger partial charge in [-0.05, 0) is 67.6 Å². The van der Waals surface area contributed by atoms with Gasteiger partial charge in [-0.1, -0.05) is 13.8 Å². The molecule has 4 aliphatic rings. The van der Waals surface area contributed by atoms with Gasteiger partial charge < -0.3 is 0 Å². The van der Waals surface area contributed by atoms with E-state index < -0.39 is 0 Å². The van der Waals surface area contributed by atoms with Crippen molar-refractivity contribution in [2.75, 3.05) is 0 Å². The first-order valence-corrected chi connectivity index (χ1v) is 9.82. The van der Waals surface area contributed by atoms with Gasteiger partial charge in [0.15, 0.2) is 0 Å². The van der Waals surface area contributed by atoms with Crippen LogP contribution in [0.5, 0.6) is 0 Å². The number of Topliss-reactive ketones (excluding diaryl/α,β-unsaturated/α-hetero) is 3. The molecule has 4 rings (SSSR count). The number of carbonyl (C=O) groups excluding carboxylic acids is 3. The summed E-state index contributed by atoms with van der Waals surface area (Å²) >= 11 is 0. The molecule has 0 saturated heterocycles. The fraction of sp³-hybridized carbons (Fsp3) is 0.857. The molecule has 4 fully saturated rings. The molecule has 0 aromatic carbocycles. The number of ketones is 3. The van der Waals surface area contributed by atoms with E-state index in [-0.39, 0.29) is 28.4 Å². The van der Waals surface area contributed by atoms with Gasteiger partial charge in [0.2, 0.25) is 0 Å². The molecule has 0 aliphatic heterocycles. The van der Waals surface area contributed by atoms with Crippen LogP contribution < -0.4 is 0 Å². The van der Waals surface area contributed by atoms with Gasteiger partial charge in [0.25, 0.3) is 0 Å². The molecule has 0 spiro atoms. The van der Waals surface area contributed by atoms with E-state index in [1.54, 1.807) is 6.92 Å². The molecule has 3 nitrogen and oxygen atoms in total. The monoisotopic (exact) mass is 330 g/mol. The predicted molar refractivity (Wildman–Crippen MR) is 91.3 cm³/mol. The second-order valence-corrected chi connectivity index (χ2v) is 9.66. The van der Waals surface area contributed by atoms with Crippen molar-refractivity contribution >= 4 is 17.3 Å². The number of hydrogen-bond acceptors (Lipinski definition) is 3. The molecule has 3 heteroatoms. The van der Waals surface area contributed by atoms with Crippen molar-refractivity contribution < 1.29 is 14.4 Å². The number of hydrogen-bond donors (Lipinski definition) is 0. The molecule has 0 radical (unpaired) electrons. The maximum absolute atomic E-state index is 13.3. The highest BCUT2D eigenvalue weighted by atomic mass is 16.1. The lowest BCUT2D eigenvalue weighted by Crippen LogP contribution is -2.57. The Morgan fingerprint density at radius 3 is 2.50 bits per heavy atom. The minimum Gasteiger partial charge on any atom is -0.300 e. The summed E-state index contributed by atoms with van der Waals surface area (Å²) < 4.78 is 0. The Hall–Kier alpha value is -0.990. The van der Waals surface area contributed by atoms with Crippen LogP contribution in [0.2, 0.25) is 0 Å². The SMILES string of the molecule is CC(=O)[C@@H]1CC[C@@H]2[C@@H]3CC[C@@H]4CC(=O)CC[C@]4(C)[C@H]3C(=O)C[C@@]21C. The summed E-state index contributed by atoms with van der Waals surface area (Å²) in [5.74, 6) is 2.63. The highest BCUT2D eigenvalue weighted by Gasteiger charge is 2.63. The zero-order valence-corrected chi connectivity index (χ0v) is 15.3. The van der Waals surface area contributed by atoms with E-state index in [1.807, 2.05) is 0 Å². The minimum absolute atomic E-state index is 0.0174. The van der Waals surface area contributed by atoms with E-state index in [0.717, 1.165) is 32.1 Å². The van der Waals surface area contributed by atoms with Gasteiger partial charge in [0.05, 0.1) is 0 Å². The van der Waals surface area contributed by atoms with Crippen molar-refractivity contribution in [3.63, 3.8) is 0 Å². The third-order valence-corrected chi connectivity index (χ3v) is 8.66. The Balaban J connectivity index is 1.69. The van der Waals surface area contributed by atoms with E-state index in [9.17, 15) is 14.4 Å². The summed E-state index contributed by atoms with van der Waals surface area (Å²) in [6.45, 7) is 6.21. The van der Waals surface area contributed by atoms with Crippen molar-refractivity contribution in [2.45, 2.75) is 72.1 Å². The fourth-order valence-electron chi connectivity index (χ4n) is 7.53. The van der Waals surface area contributed by atoms with Gasteiger partial charge in [-0.15, -0.1) is 0 Å². The van der Waals surface area contributed by atoms with Gasteiger partial charge in [-0.3, -0.25) is 14.4 Å². The molecule has 132 valence electrons. The van der Waals surface area contributed by atoms with Gasteiger partial charge >= 0.3 is 0 Å². The molecule has 0 bridgehead atoms. The predicted octanol–water partition coefficient (Wildman–Crippen LogP) is 3.98. The molecule has 0 N–H and O–H groups in total. The zero-order chi connectivity index (χ0) is 17.3. The van der Waals surface area contributed by atoms with E-state index in [0.29, 0.717) is 48.6 Å². The van der Waals surface area contributed by atoms with Crippen LogP contribution in [0.15, 0.2) is 0 Å². The summed E-state index contributed by atoms with van der Waals surface area (Å²) in [5.41, 5.74) is -0.0959. The van der Waals surface area contributed by atoms with Crippen LogP contribution >= 0.6 is 0 Å². The lowest BCUT2D eigenvalue weighted by molar-refractivity contribution is -0.161. The highest BCUT2D eigenvalue weighted by molar-refractivity contribution is 5.87. The summed E-state index contributed by atoms with van der Waals surface area (Å²) in [5, 5.41) is 0. The van der Waals surface area contributed by atoms with Crippen molar-refractivity contribution in [1.82, 2.24) is 0 Å². The second-order valence-electron chi connectivity index (χ2n) is 9.66. The van der Waals surface area contributed by atoms with Gasteiger partial charge in [0, 0.05) is 31.1 Å². The molecular formula is C21H30O3. The van der Waals surface area contributed by atoms with Crippen molar-refractivity contribution in [2.24, 2.45) is 40.4 Å². The third-order valence-electron chi connectivity index (χ3n) is 8.66. The van der Waals surface area contributed by atoms with Crippen LogP contribution in [0.25, 0.3) is 0 Å².